The Hall–Kier alpha value is -3.38. The van der Waals surface area contributed by atoms with Crippen LogP contribution in [0.25, 0.3) is 0 Å². The number of piperidine rings is 1. The van der Waals surface area contributed by atoms with Crippen LogP contribution in [0.1, 0.15) is 71.2 Å². The Morgan fingerprint density at radius 2 is 1.37 bits per heavy atom. The van der Waals surface area contributed by atoms with Crippen molar-refractivity contribution in [2.24, 2.45) is 5.92 Å². The van der Waals surface area contributed by atoms with Gasteiger partial charge in [-0.05, 0) is 42.6 Å². The number of ether oxygens (including phenoxy) is 2. The Labute approximate surface area is 246 Å². The Balaban J connectivity index is 1.31. The first-order valence-electron chi connectivity index (χ1n) is 14.3. The fraction of sp³-hybridized carbons (Fsp3) is 0.406. The zero-order valence-electron chi connectivity index (χ0n) is 23.6. The molecular formula is C32H33F5N2O4. The van der Waals surface area contributed by atoms with Crippen LogP contribution in [0.4, 0.5) is 22.0 Å². The minimum atomic E-state index is -2.33. The number of aliphatic hydroxyl groups excluding tert-OH is 1. The zero-order valence-corrected chi connectivity index (χ0v) is 23.6. The van der Waals surface area contributed by atoms with Gasteiger partial charge in [-0.15, -0.1) is 0 Å². The van der Waals surface area contributed by atoms with E-state index in [0.717, 1.165) is 43.6 Å². The maximum atomic E-state index is 14.0. The molecule has 6 nitrogen and oxygen atoms in total. The standard InChI is InChI=1S/C32H33F5N2O4/c1-18-23(16-39-13-3-2-4-14-39)42-32(43-30(18)21-9-7-20(17-40)8-10-21)22-11-5-19(6-12-22)15-38-31(41)24-25(33)27(35)29(37)28(36)26(24)34/h5-12,18,23,30,32,40H,2-4,13-17H2,1H3,(H,38,41). The first-order valence-corrected chi connectivity index (χ1v) is 14.3. The molecule has 230 valence electrons. The molecule has 11 heteroatoms. The highest BCUT2D eigenvalue weighted by molar-refractivity contribution is 5.94. The van der Waals surface area contributed by atoms with Gasteiger partial charge in [0.2, 0.25) is 5.82 Å². The molecule has 4 unspecified atom stereocenters. The summed E-state index contributed by atoms with van der Waals surface area (Å²) in [5, 5.41) is 11.7. The summed E-state index contributed by atoms with van der Waals surface area (Å²) >= 11 is 0. The number of halogens is 5. The normalized spacial score (nSPS) is 22.9. The number of likely N-dealkylation sites (tertiary alicyclic amines) is 1. The number of carbonyl (C=O) groups is 1. The van der Waals surface area contributed by atoms with Crippen molar-refractivity contribution in [1.29, 1.82) is 0 Å². The molecule has 0 spiro atoms. The van der Waals surface area contributed by atoms with Crippen LogP contribution >= 0.6 is 0 Å². The van der Waals surface area contributed by atoms with Gasteiger partial charge in [0.15, 0.2) is 29.6 Å². The van der Waals surface area contributed by atoms with Crippen LogP contribution in [0.5, 0.6) is 0 Å². The van der Waals surface area contributed by atoms with Crippen LogP contribution in [-0.4, -0.2) is 41.7 Å². The van der Waals surface area contributed by atoms with Crippen molar-refractivity contribution in [1.82, 2.24) is 10.2 Å². The number of benzene rings is 3. The SMILES string of the molecule is CC1C(CN2CCCCC2)OC(c2ccc(CNC(=O)c3c(F)c(F)c(F)c(F)c3F)cc2)OC1c1ccc(CO)cc1. The highest BCUT2D eigenvalue weighted by Gasteiger charge is 2.39. The van der Waals surface area contributed by atoms with E-state index in [9.17, 15) is 31.9 Å². The smallest absolute Gasteiger partial charge is 0.257 e. The van der Waals surface area contributed by atoms with Crippen molar-refractivity contribution < 1.29 is 41.3 Å². The van der Waals surface area contributed by atoms with Crippen molar-refractivity contribution in [3.05, 3.63) is 105 Å². The van der Waals surface area contributed by atoms with Crippen molar-refractivity contribution in [2.45, 2.75) is 57.8 Å². The average molecular weight is 605 g/mol. The lowest BCUT2D eigenvalue weighted by molar-refractivity contribution is -0.276. The predicted molar refractivity (Wildman–Crippen MR) is 147 cm³/mol. The van der Waals surface area contributed by atoms with E-state index in [4.69, 9.17) is 9.47 Å². The van der Waals surface area contributed by atoms with Gasteiger partial charge in [0.05, 0.1) is 18.8 Å². The Kier molecular flexibility index (Phi) is 9.75. The third-order valence-electron chi connectivity index (χ3n) is 8.15. The summed E-state index contributed by atoms with van der Waals surface area (Å²) in [6.07, 6.45) is 2.41. The molecular weight excluding hydrogens is 571 g/mol. The number of nitrogens with zero attached hydrogens (tertiary/aromatic N) is 1. The lowest BCUT2D eigenvalue weighted by atomic mass is 9.89. The molecule has 5 rings (SSSR count). The minimum Gasteiger partial charge on any atom is -0.392 e. The topological polar surface area (TPSA) is 71.0 Å². The largest absolute Gasteiger partial charge is 0.392 e. The third-order valence-corrected chi connectivity index (χ3v) is 8.15. The molecule has 3 aromatic rings. The van der Waals surface area contributed by atoms with Crippen LogP contribution in [-0.2, 0) is 22.6 Å². The van der Waals surface area contributed by atoms with Crippen LogP contribution in [0, 0.1) is 35.0 Å². The molecule has 2 fully saturated rings. The molecule has 2 aliphatic rings. The van der Waals surface area contributed by atoms with E-state index in [1.807, 2.05) is 24.3 Å². The van der Waals surface area contributed by atoms with Crippen molar-refractivity contribution in [2.75, 3.05) is 19.6 Å². The quantitative estimate of drug-likeness (QED) is 0.185. The highest BCUT2D eigenvalue weighted by atomic mass is 19.2. The van der Waals surface area contributed by atoms with Gasteiger partial charge in [-0.2, -0.15) is 0 Å². The molecule has 0 bridgehead atoms. The van der Waals surface area contributed by atoms with Gasteiger partial charge >= 0.3 is 0 Å². The van der Waals surface area contributed by atoms with Crippen LogP contribution < -0.4 is 5.32 Å². The first-order chi connectivity index (χ1) is 20.7. The maximum absolute atomic E-state index is 14.0. The Morgan fingerprint density at radius 3 is 1.98 bits per heavy atom. The minimum absolute atomic E-state index is 0.0366. The molecule has 0 aromatic heterocycles. The van der Waals surface area contributed by atoms with Crippen molar-refractivity contribution in [3.63, 3.8) is 0 Å². The van der Waals surface area contributed by atoms with E-state index < -0.39 is 46.8 Å². The molecule has 3 aromatic carbocycles. The molecule has 1 amide bonds. The van der Waals surface area contributed by atoms with Gasteiger partial charge in [0, 0.05) is 24.6 Å². The monoisotopic (exact) mass is 604 g/mol. The number of nitrogens with one attached hydrogen (secondary N) is 1. The van der Waals surface area contributed by atoms with Gasteiger partial charge in [-0.3, -0.25) is 4.79 Å². The van der Waals surface area contributed by atoms with E-state index in [0.29, 0.717) is 11.1 Å². The number of amides is 1. The van der Waals surface area contributed by atoms with Gasteiger partial charge in [0.1, 0.15) is 5.56 Å². The van der Waals surface area contributed by atoms with E-state index in [1.54, 1.807) is 24.3 Å². The summed E-state index contributed by atoms with van der Waals surface area (Å²) in [4.78, 5) is 14.7. The fourth-order valence-electron chi connectivity index (χ4n) is 5.59. The van der Waals surface area contributed by atoms with E-state index >= 15 is 0 Å². The van der Waals surface area contributed by atoms with E-state index in [2.05, 4.69) is 17.1 Å². The summed E-state index contributed by atoms with van der Waals surface area (Å²) in [5.74, 6) is -12.5. The summed E-state index contributed by atoms with van der Waals surface area (Å²) in [7, 11) is 0. The second kappa shape index (κ2) is 13.5. The first kappa shape index (κ1) is 31.1. The molecule has 2 aliphatic heterocycles. The van der Waals surface area contributed by atoms with Crippen molar-refractivity contribution >= 4 is 5.91 Å². The van der Waals surface area contributed by atoms with Crippen LogP contribution in [0.2, 0.25) is 0 Å². The molecule has 2 N–H and O–H groups in total. The van der Waals surface area contributed by atoms with E-state index in [1.165, 1.54) is 6.42 Å². The number of carbonyl (C=O) groups excluding carboxylic acids is 1. The number of hydrogen-bond donors (Lipinski definition) is 2. The number of rotatable bonds is 8. The molecule has 0 aliphatic carbocycles. The summed E-state index contributed by atoms with van der Waals surface area (Å²) in [5.41, 5.74) is 1.46. The molecule has 43 heavy (non-hydrogen) atoms. The number of hydrogen-bond acceptors (Lipinski definition) is 5. The van der Waals surface area contributed by atoms with E-state index in [-0.39, 0.29) is 31.3 Å². The second-order valence-corrected chi connectivity index (χ2v) is 11.1. The van der Waals surface area contributed by atoms with Gasteiger partial charge < -0.3 is 24.8 Å². The third kappa shape index (κ3) is 6.75. The second-order valence-electron chi connectivity index (χ2n) is 11.1. The maximum Gasteiger partial charge on any atom is 0.257 e. The molecule has 4 atom stereocenters. The van der Waals surface area contributed by atoms with Crippen LogP contribution in [0.3, 0.4) is 0 Å². The Morgan fingerprint density at radius 1 is 0.814 bits per heavy atom. The molecule has 0 saturated carbocycles. The van der Waals surface area contributed by atoms with Gasteiger partial charge in [-0.1, -0.05) is 61.9 Å². The molecule has 2 heterocycles. The van der Waals surface area contributed by atoms with Gasteiger partial charge in [0.25, 0.3) is 5.91 Å². The predicted octanol–water partition coefficient (Wildman–Crippen LogP) is 6.08. The Bertz CT molecular complexity index is 1400. The lowest BCUT2D eigenvalue weighted by Gasteiger charge is -2.43. The lowest BCUT2D eigenvalue weighted by Crippen LogP contribution is -2.45. The van der Waals surface area contributed by atoms with Crippen LogP contribution in [0.15, 0.2) is 48.5 Å². The van der Waals surface area contributed by atoms with Crippen molar-refractivity contribution in [3.8, 4) is 0 Å². The summed E-state index contributed by atoms with van der Waals surface area (Å²) < 4.78 is 81.3. The zero-order chi connectivity index (χ0) is 30.7. The molecule has 0 radical (unpaired) electrons. The fourth-order valence-corrected chi connectivity index (χ4v) is 5.59. The van der Waals surface area contributed by atoms with Gasteiger partial charge in [-0.25, -0.2) is 22.0 Å². The summed E-state index contributed by atoms with van der Waals surface area (Å²) in [6.45, 7) is 4.61. The summed E-state index contributed by atoms with van der Waals surface area (Å²) in [6, 6.07) is 14.4. The molecule has 2 saturated heterocycles. The highest BCUT2D eigenvalue weighted by Crippen LogP contribution is 2.42. The average Bonchev–Trinajstić information content (AvgIpc) is 3.03. The number of aliphatic hydroxyl groups is 1.